The Morgan fingerprint density at radius 2 is 1.65 bits per heavy atom. The molecule has 0 spiro atoms. The number of alkyl halides is 1. The summed E-state index contributed by atoms with van der Waals surface area (Å²) < 4.78 is 0. The van der Waals surface area contributed by atoms with Gasteiger partial charge in [-0.1, -0.05) is 64.5 Å². The predicted molar refractivity (Wildman–Crippen MR) is 86.4 cm³/mol. The van der Waals surface area contributed by atoms with Crippen LogP contribution in [0.5, 0.6) is 0 Å². The molecule has 0 radical (unpaired) electrons. The molecule has 2 aromatic carbocycles. The molecule has 104 valence electrons. The Bertz CT molecular complexity index is 575. The molecule has 0 fully saturated rings. The van der Waals surface area contributed by atoms with Crippen LogP contribution in [-0.2, 0) is 0 Å². The maximum Gasteiger partial charge on any atom is 0.251 e. The molecule has 0 bridgehead atoms. The maximum atomic E-state index is 12.3. The van der Waals surface area contributed by atoms with E-state index in [-0.39, 0.29) is 10.7 Å². The molecular formula is C17H18BrNO. The normalized spacial score (nSPS) is 11.9. The van der Waals surface area contributed by atoms with Gasteiger partial charge in [0.05, 0.1) is 4.83 Å². The SMILES string of the molecule is Cc1cccc(C)c1C(=O)NCC(Br)c1ccccc1. The fourth-order valence-corrected chi connectivity index (χ4v) is 2.69. The van der Waals surface area contributed by atoms with E-state index in [9.17, 15) is 4.79 Å². The summed E-state index contributed by atoms with van der Waals surface area (Å²) in [5, 5.41) is 2.99. The van der Waals surface area contributed by atoms with E-state index >= 15 is 0 Å². The summed E-state index contributed by atoms with van der Waals surface area (Å²) in [4.78, 5) is 12.4. The van der Waals surface area contributed by atoms with Crippen LogP contribution in [-0.4, -0.2) is 12.5 Å². The molecular weight excluding hydrogens is 314 g/mol. The highest BCUT2D eigenvalue weighted by Crippen LogP contribution is 2.21. The van der Waals surface area contributed by atoms with Gasteiger partial charge in [0.25, 0.3) is 5.91 Å². The lowest BCUT2D eigenvalue weighted by molar-refractivity contribution is 0.0953. The lowest BCUT2D eigenvalue weighted by Gasteiger charge is -2.14. The molecule has 20 heavy (non-hydrogen) atoms. The van der Waals surface area contributed by atoms with E-state index in [1.165, 1.54) is 0 Å². The van der Waals surface area contributed by atoms with Crippen LogP contribution in [0.25, 0.3) is 0 Å². The Morgan fingerprint density at radius 1 is 1.05 bits per heavy atom. The van der Waals surface area contributed by atoms with Crippen molar-refractivity contribution in [2.24, 2.45) is 0 Å². The van der Waals surface area contributed by atoms with E-state index in [0.29, 0.717) is 6.54 Å². The zero-order valence-electron chi connectivity index (χ0n) is 11.7. The van der Waals surface area contributed by atoms with Crippen molar-refractivity contribution >= 4 is 21.8 Å². The second-order valence-corrected chi connectivity index (χ2v) is 5.96. The minimum atomic E-state index is -0.0130. The van der Waals surface area contributed by atoms with Gasteiger partial charge in [-0.15, -0.1) is 0 Å². The van der Waals surface area contributed by atoms with Gasteiger partial charge < -0.3 is 5.32 Å². The highest BCUT2D eigenvalue weighted by Gasteiger charge is 2.13. The summed E-state index contributed by atoms with van der Waals surface area (Å²) in [6, 6.07) is 16.0. The standard InChI is InChI=1S/C17H18BrNO/c1-12-7-6-8-13(2)16(12)17(20)19-11-15(18)14-9-4-3-5-10-14/h3-10,15H,11H2,1-2H3,(H,19,20). The van der Waals surface area contributed by atoms with Crippen LogP contribution in [0.3, 0.4) is 0 Å². The molecule has 2 rings (SSSR count). The molecule has 0 aliphatic rings. The largest absolute Gasteiger partial charge is 0.351 e. The van der Waals surface area contributed by atoms with Crippen molar-refractivity contribution in [3.05, 3.63) is 70.8 Å². The van der Waals surface area contributed by atoms with Crippen molar-refractivity contribution in [1.29, 1.82) is 0 Å². The van der Waals surface area contributed by atoms with Crippen LogP contribution >= 0.6 is 15.9 Å². The first kappa shape index (κ1) is 14.8. The summed E-state index contributed by atoms with van der Waals surface area (Å²) in [5.74, 6) is -0.0130. The van der Waals surface area contributed by atoms with Crippen molar-refractivity contribution in [3.8, 4) is 0 Å². The second kappa shape index (κ2) is 6.71. The van der Waals surface area contributed by atoms with Crippen molar-refractivity contribution < 1.29 is 4.79 Å². The molecule has 2 aromatic rings. The molecule has 3 heteroatoms. The highest BCUT2D eigenvalue weighted by atomic mass is 79.9. The Kier molecular flexibility index (Phi) is 4.96. The highest BCUT2D eigenvalue weighted by molar-refractivity contribution is 9.09. The van der Waals surface area contributed by atoms with Crippen LogP contribution < -0.4 is 5.32 Å². The Balaban J connectivity index is 2.03. The second-order valence-electron chi connectivity index (χ2n) is 4.86. The van der Waals surface area contributed by atoms with Gasteiger partial charge in [0.2, 0.25) is 0 Å². The molecule has 1 amide bonds. The summed E-state index contributed by atoms with van der Waals surface area (Å²) in [6.45, 7) is 4.49. The Hall–Kier alpha value is -1.61. The minimum Gasteiger partial charge on any atom is -0.351 e. The van der Waals surface area contributed by atoms with Gasteiger partial charge in [-0.2, -0.15) is 0 Å². The average Bonchev–Trinajstić information content (AvgIpc) is 2.45. The first-order valence-electron chi connectivity index (χ1n) is 6.63. The zero-order chi connectivity index (χ0) is 14.5. The van der Waals surface area contributed by atoms with Crippen molar-refractivity contribution in [1.82, 2.24) is 5.32 Å². The first-order chi connectivity index (χ1) is 9.59. The molecule has 0 aromatic heterocycles. The number of benzene rings is 2. The lowest BCUT2D eigenvalue weighted by atomic mass is 10.0. The van der Waals surface area contributed by atoms with E-state index in [4.69, 9.17) is 0 Å². The molecule has 0 heterocycles. The van der Waals surface area contributed by atoms with Crippen LogP contribution in [0.1, 0.15) is 31.9 Å². The quantitative estimate of drug-likeness (QED) is 0.837. The summed E-state index contributed by atoms with van der Waals surface area (Å²) >= 11 is 3.61. The number of hydrogen-bond acceptors (Lipinski definition) is 1. The van der Waals surface area contributed by atoms with E-state index in [2.05, 4.69) is 21.2 Å². The van der Waals surface area contributed by atoms with Crippen LogP contribution in [0.4, 0.5) is 0 Å². The number of rotatable bonds is 4. The number of carbonyl (C=O) groups is 1. The van der Waals surface area contributed by atoms with Gasteiger partial charge in [-0.05, 0) is 30.5 Å². The fraction of sp³-hybridized carbons (Fsp3) is 0.235. The first-order valence-corrected chi connectivity index (χ1v) is 7.54. The number of amides is 1. The third-order valence-corrected chi connectivity index (χ3v) is 4.16. The molecule has 1 N–H and O–H groups in total. The number of aryl methyl sites for hydroxylation is 2. The summed E-state index contributed by atoms with van der Waals surface area (Å²) in [5.41, 5.74) is 3.95. The number of halogens is 1. The fourth-order valence-electron chi connectivity index (χ4n) is 2.22. The monoisotopic (exact) mass is 331 g/mol. The van der Waals surface area contributed by atoms with Gasteiger partial charge in [-0.3, -0.25) is 4.79 Å². The molecule has 0 aliphatic heterocycles. The number of carbonyl (C=O) groups excluding carboxylic acids is 1. The van der Waals surface area contributed by atoms with Crippen molar-refractivity contribution in [2.45, 2.75) is 18.7 Å². The molecule has 1 atom stereocenters. The molecule has 0 saturated carbocycles. The Labute approximate surface area is 128 Å². The third kappa shape index (κ3) is 3.48. The van der Waals surface area contributed by atoms with Crippen molar-refractivity contribution in [2.75, 3.05) is 6.54 Å². The zero-order valence-corrected chi connectivity index (χ0v) is 13.3. The van der Waals surface area contributed by atoms with E-state index in [1.54, 1.807) is 0 Å². The van der Waals surface area contributed by atoms with Gasteiger partial charge in [0.1, 0.15) is 0 Å². The number of nitrogens with one attached hydrogen (secondary N) is 1. The summed E-state index contributed by atoms with van der Waals surface area (Å²) in [6.07, 6.45) is 0. The predicted octanol–water partition coefficient (Wildman–Crippen LogP) is 4.17. The molecule has 1 unspecified atom stereocenters. The number of hydrogen-bond donors (Lipinski definition) is 1. The topological polar surface area (TPSA) is 29.1 Å². The lowest BCUT2D eigenvalue weighted by Crippen LogP contribution is -2.28. The Morgan fingerprint density at radius 3 is 2.25 bits per heavy atom. The molecule has 2 nitrogen and oxygen atoms in total. The van der Waals surface area contributed by atoms with Gasteiger partial charge in [-0.25, -0.2) is 0 Å². The summed E-state index contributed by atoms with van der Waals surface area (Å²) in [7, 11) is 0. The molecule has 0 saturated heterocycles. The van der Waals surface area contributed by atoms with E-state index < -0.39 is 0 Å². The van der Waals surface area contributed by atoms with E-state index in [0.717, 1.165) is 22.3 Å². The smallest absolute Gasteiger partial charge is 0.251 e. The third-order valence-electron chi connectivity index (χ3n) is 3.31. The maximum absolute atomic E-state index is 12.3. The van der Waals surface area contributed by atoms with Crippen molar-refractivity contribution in [3.63, 3.8) is 0 Å². The van der Waals surface area contributed by atoms with Gasteiger partial charge in [0, 0.05) is 12.1 Å². The van der Waals surface area contributed by atoms with Crippen LogP contribution in [0.2, 0.25) is 0 Å². The van der Waals surface area contributed by atoms with Crippen LogP contribution in [0, 0.1) is 13.8 Å². The average molecular weight is 332 g/mol. The van der Waals surface area contributed by atoms with Gasteiger partial charge >= 0.3 is 0 Å². The van der Waals surface area contributed by atoms with Gasteiger partial charge in [0.15, 0.2) is 0 Å². The minimum absolute atomic E-state index is 0.0130. The molecule has 0 aliphatic carbocycles. The van der Waals surface area contributed by atoms with E-state index in [1.807, 2.05) is 62.4 Å². The van der Waals surface area contributed by atoms with Crippen LogP contribution in [0.15, 0.2) is 48.5 Å².